The number of esters is 1. The highest BCUT2D eigenvalue weighted by Crippen LogP contribution is 2.46. The second kappa shape index (κ2) is 9.92. The van der Waals surface area contributed by atoms with Gasteiger partial charge in [0.25, 0.3) is 11.5 Å². The summed E-state index contributed by atoms with van der Waals surface area (Å²) in [4.78, 5) is 45.6. The van der Waals surface area contributed by atoms with Crippen molar-refractivity contribution in [3.8, 4) is 0 Å². The van der Waals surface area contributed by atoms with E-state index in [0.29, 0.717) is 4.57 Å². The molecule has 170 valence electrons. The molecule has 14 heteroatoms. The molecule has 3 unspecified atom stereocenters. The van der Waals surface area contributed by atoms with Crippen LogP contribution in [0.3, 0.4) is 0 Å². The number of hydrogen-bond acceptors (Lipinski definition) is 8. The summed E-state index contributed by atoms with van der Waals surface area (Å²) >= 11 is 0. The maximum absolute atomic E-state index is 14.2. The van der Waals surface area contributed by atoms with Crippen LogP contribution >= 0.6 is 7.82 Å². The first-order valence-corrected chi connectivity index (χ1v) is 10.6. The van der Waals surface area contributed by atoms with Crippen LogP contribution in [0.25, 0.3) is 0 Å². The van der Waals surface area contributed by atoms with Crippen LogP contribution in [-0.4, -0.2) is 51.8 Å². The number of aromatic amines is 1. The molecule has 0 amide bonds. The second-order valence-corrected chi connectivity index (χ2v) is 8.29. The molecule has 1 aliphatic heterocycles. The van der Waals surface area contributed by atoms with Gasteiger partial charge in [-0.15, -0.1) is 0 Å². The van der Waals surface area contributed by atoms with E-state index in [1.165, 1.54) is 0 Å². The molecule has 0 bridgehead atoms. The molecule has 2 heterocycles. The molecule has 0 aliphatic carbocycles. The van der Waals surface area contributed by atoms with Gasteiger partial charge in [0.2, 0.25) is 6.23 Å². The fraction of sp³-hybridized carbons (Fsp3) is 0.688. The van der Waals surface area contributed by atoms with Gasteiger partial charge in [-0.25, -0.2) is 18.1 Å². The Morgan fingerprint density at radius 3 is 2.77 bits per heavy atom. The Morgan fingerprint density at radius 2 is 2.13 bits per heavy atom. The number of H-pyrrole nitrogens is 1. The lowest BCUT2D eigenvalue weighted by atomic mass is 10.2. The standard InChI is InChI=1S/C16H23F2N2O9P/c1-10(2)28-13(22)4-3-7-26-30(24,25)27-9-11-8-16(17,18)14(29-11)20-6-5-12(21)19-15(20)23/h5-6,10-11,14H,3-4,7-9H2,1-2H3,(H,24,25)(H,19,21,23). The summed E-state index contributed by atoms with van der Waals surface area (Å²) in [5.74, 6) is -3.99. The Labute approximate surface area is 169 Å². The van der Waals surface area contributed by atoms with E-state index in [1.54, 1.807) is 13.8 Å². The van der Waals surface area contributed by atoms with Crippen molar-refractivity contribution in [3.05, 3.63) is 33.1 Å². The van der Waals surface area contributed by atoms with Crippen LogP contribution in [0.4, 0.5) is 8.78 Å². The number of halogens is 2. The van der Waals surface area contributed by atoms with Gasteiger partial charge in [0.15, 0.2) is 0 Å². The van der Waals surface area contributed by atoms with Crippen LogP contribution in [0.1, 0.15) is 39.3 Å². The first-order valence-electron chi connectivity index (χ1n) is 9.06. The number of nitrogens with one attached hydrogen (secondary N) is 1. The minimum absolute atomic E-state index is 0.0360. The van der Waals surface area contributed by atoms with E-state index in [9.17, 15) is 32.6 Å². The lowest BCUT2D eigenvalue weighted by Gasteiger charge is -2.19. The van der Waals surface area contributed by atoms with Crippen molar-refractivity contribution in [3.63, 3.8) is 0 Å². The van der Waals surface area contributed by atoms with Crippen LogP contribution in [0.5, 0.6) is 0 Å². The Bertz CT molecular complexity index is 901. The highest BCUT2D eigenvalue weighted by atomic mass is 31.2. The van der Waals surface area contributed by atoms with Gasteiger partial charge >= 0.3 is 19.5 Å². The van der Waals surface area contributed by atoms with Crippen molar-refractivity contribution >= 4 is 13.8 Å². The van der Waals surface area contributed by atoms with Gasteiger partial charge in [0.1, 0.15) is 0 Å². The topological polar surface area (TPSA) is 146 Å². The van der Waals surface area contributed by atoms with Crippen LogP contribution in [0.15, 0.2) is 21.9 Å². The highest BCUT2D eigenvalue weighted by Gasteiger charge is 2.52. The van der Waals surface area contributed by atoms with Gasteiger partial charge in [0.05, 0.1) is 25.4 Å². The summed E-state index contributed by atoms with van der Waals surface area (Å²) < 4.78 is 60.2. The van der Waals surface area contributed by atoms with Crippen LogP contribution in [0.2, 0.25) is 0 Å². The minimum atomic E-state index is -4.58. The molecule has 11 nitrogen and oxygen atoms in total. The zero-order chi connectivity index (χ0) is 22.5. The third-order valence-corrected chi connectivity index (χ3v) is 4.84. The molecule has 0 saturated carbocycles. The quantitative estimate of drug-likeness (QED) is 0.302. The summed E-state index contributed by atoms with van der Waals surface area (Å²) in [6.45, 7) is 2.36. The van der Waals surface area contributed by atoms with Gasteiger partial charge in [-0.1, -0.05) is 0 Å². The van der Waals surface area contributed by atoms with Gasteiger partial charge in [0, 0.05) is 25.1 Å². The fourth-order valence-electron chi connectivity index (χ4n) is 2.65. The summed E-state index contributed by atoms with van der Waals surface area (Å²) in [7, 11) is -4.58. The molecule has 0 spiro atoms. The molecular formula is C16H23F2N2O9P. The normalized spacial score (nSPS) is 22.7. The molecular weight excluding hydrogens is 433 g/mol. The predicted octanol–water partition coefficient (Wildman–Crippen LogP) is 1.32. The van der Waals surface area contributed by atoms with Crippen molar-refractivity contribution < 1.29 is 41.6 Å². The molecule has 0 aromatic carbocycles. The maximum Gasteiger partial charge on any atom is 0.472 e. The van der Waals surface area contributed by atoms with E-state index >= 15 is 0 Å². The number of nitrogens with zero attached hydrogens (tertiary/aromatic N) is 1. The number of rotatable bonds is 10. The molecule has 1 aromatic rings. The highest BCUT2D eigenvalue weighted by molar-refractivity contribution is 7.47. The van der Waals surface area contributed by atoms with Crippen molar-refractivity contribution in [1.82, 2.24) is 9.55 Å². The Balaban J connectivity index is 1.84. The molecule has 1 fully saturated rings. The number of carbonyl (C=O) groups excluding carboxylic acids is 1. The number of phosphoric ester groups is 1. The molecule has 30 heavy (non-hydrogen) atoms. The summed E-state index contributed by atoms with van der Waals surface area (Å²) in [5, 5.41) is 0. The van der Waals surface area contributed by atoms with E-state index < -0.39 is 56.3 Å². The number of alkyl halides is 2. The van der Waals surface area contributed by atoms with E-state index in [4.69, 9.17) is 9.47 Å². The third kappa shape index (κ3) is 7.10. The molecule has 1 aliphatic rings. The predicted molar refractivity (Wildman–Crippen MR) is 97.0 cm³/mol. The second-order valence-electron chi connectivity index (χ2n) is 6.83. The first-order chi connectivity index (χ1) is 13.9. The molecule has 1 aromatic heterocycles. The van der Waals surface area contributed by atoms with Gasteiger partial charge in [-0.2, -0.15) is 0 Å². The SMILES string of the molecule is CC(C)OC(=O)CCCOP(=O)(O)OCC1CC(F)(F)C(n2ccc(=O)[nH]c2=O)O1. The fourth-order valence-corrected chi connectivity index (χ4v) is 3.44. The van der Waals surface area contributed by atoms with Gasteiger partial charge < -0.3 is 14.4 Å². The summed E-state index contributed by atoms with van der Waals surface area (Å²) in [5.41, 5.74) is -1.84. The monoisotopic (exact) mass is 456 g/mol. The van der Waals surface area contributed by atoms with E-state index in [2.05, 4.69) is 9.05 Å². The lowest BCUT2D eigenvalue weighted by Crippen LogP contribution is -2.37. The molecule has 1 saturated heterocycles. The zero-order valence-electron chi connectivity index (χ0n) is 16.3. The Kier molecular flexibility index (Phi) is 8.06. The first kappa shape index (κ1) is 24.4. The molecule has 2 rings (SSSR count). The number of hydrogen-bond donors (Lipinski definition) is 2. The zero-order valence-corrected chi connectivity index (χ0v) is 17.2. The van der Waals surface area contributed by atoms with Crippen LogP contribution in [-0.2, 0) is 27.9 Å². The van der Waals surface area contributed by atoms with Crippen molar-refractivity contribution in [2.75, 3.05) is 13.2 Å². The average Bonchev–Trinajstić information content (AvgIpc) is 2.91. The third-order valence-electron chi connectivity index (χ3n) is 3.86. The van der Waals surface area contributed by atoms with E-state index in [1.807, 2.05) is 4.98 Å². The molecule has 0 radical (unpaired) electrons. The van der Waals surface area contributed by atoms with Crippen LogP contribution < -0.4 is 11.2 Å². The molecule has 2 N–H and O–H groups in total. The number of carbonyl (C=O) groups is 1. The van der Waals surface area contributed by atoms with E-state index in [0.717, 1.165) is 12.3 Å². The van der Waals surface area contributed by atoms with E-state index in [-0.39, 0.29) is 25.6 Å². The summed E-state index contributed by atoms with van der Waals surface area (Å²) in [6.07, 6.45) is -3.57. The van der Waals surface area contributed by atoms with Gasteiger partial charge in [-0.3, -0.25) is 28.2 Å². The Morgan fingerprint density at radius 1 is 1.43 bits per heavy atom. The van der Waals surface area contributed by atoms with Crippen molar-refractivity contribution in [1.29, 1.82) is 0 Å². The molecule has 3 atom stereocenters. The number of aromatic nitrogens is 2. The number of phosphoric acid groups is 1. The van der Waals surface area contributed by atoms with Crippen molar-refractivity contribution in [2.45, 2.75) is 57.5 Å². The lowest BCUT2D eigenvalue weighted by molar-refractivity contribution is -0.147. The summed E-state index contributed by atoms with van der Waals surface area (Å²) in [6, 6.07) is 0.886. The minimum Gasteiger partial charge on any atom is -0.463 e. The largest absolute Gasteiger partial charge is 0.472 e. The number of ether oxygens (including phenoxy) is 2. The maximum atomic E-state index is 14.2. The smallest absolute Gasteiger partial charge is 0.463 e. The Hall–Kier alpha value is -1.92. The van der Waals surface area contributed by atoms with Crippen molar-refractivity contribution in [2.24, 2.45) is 0 Å². The van der Waals surface area contributed by atoms with Gasteiger partial charge in [-0.05, 0) is 20.3 Å². The average molecular weight is 456 g/mol. The van der Waals surface area contributed by atoms with Crippen LogP contribution in [0, 0.1) is 0 Å².